The fourth-order valence-electron chi connectivity index (χ4n) is 1.98. The van der Waals surface area contributed by atoms with Crippen molar-refractivity contribution in [2.24, 2.45) is 0 Å². The number of anilines is 2. The zero-order valence-corrected chi connectivity index (χ0v) is 13.4. The highest BCUT2D eigenvalue weighted by molar-refractivity contribution is 9.10. The summed E-state index contributed by atoms with van der Waals surface area (Å²) in [5, 5.41) is 3.36. The van der Waals surface area contributed by atoms with Gasteiger partial charge in [0.25, 0.3) is 0 Å². The maximum atomic E-state index is 13.2. The second kappa shape index (κ2) is 6.27. The van der Waals surface area contributed by atoms with Gasteiger partial charge in [-0.1, -0.05) is 12.1 Å². The Morgan fingerprint density at radius 3 is 2.30 bits per heavy atom. The molecule has 106 valence electrons. The normalized spacial score (nSPS) is 12.1. The maximum absolute atomic E-state index is 13.2. The molecule has 4 heteroatoms. The van der Waals surface area contributed by atoms with E-state index < -0.39 is 0 Å². The van der Waals surface area contributed by atoms with Gasteiger partial charge in [-0.15, -0.1) is 0 Å². The quantitative estimate of drug-likeness (QED) is 0.860. The lowest BCUT2D eigenvalue weighted by atomic mass is 10.1. The Kier molecular flexibility index (Phi) is 4.65. The van der Waals surface area contributed by atoms with E-state index in [0.717, 1.165) is 5.69 Å². The first-order valence-electron chi connectivity index (χ1n) is 6.46. The van der Waals surface area contributed by atoms with Crippen LogP contribution in [-0.2, 0) is 0 Å². The number of halogens is 2. The summed E-state index contributed by atoms with van der Waals surface area (Å²) >= 11 is 3.20. The standard InChI is InChI=1S/C16H18BrFN2/c1-11(12-4-7-14(8-5-12)20(2)3)19-13-6-9-16(18)15(17)10-13/h4-11,19H,1-3H3. The molecule has 0 aliphatic rings. The number of nitrogens with one attached hydrogen (secondary N) is 1. The molecule has 0 radical (unpaired) electrons. The lowest BCUT2D eigenvalue weighted by molar-refractivity contribution is 0.621. The third kappa shape index (κ3) is 3.51. The van der Waals surface area contributed by atoms with Gasteiger partial charge in [-0.05, 0) is 58.7 Å². The van der Waals surface area contributed by atoms with Crippen molar-refractivity contribution in [2.75, 3.05) is 24.3 Å². The molecule has 1 N–H and O–H groups in total. The van der Waals surface area contributed by atoms with E-state index in [1.54, 1.807) is 12.1 Å². The molecule has 1 atom stereocenters. The van der Waals surface area contributed by atoms with Crippen LogP contribution in [0.4, 0.5) is 15.8 Å². The van der Waals surface area contributed by atoms with Crippen molar-refractivity contribution in [1.82, 2.24) is 0 Å². The van der Waals surface area contributed by atoms with Crippen LogP contribution >= 0.6 is 15.9 Å². The van der Waals surface area contributed by atoms with Gasteiger partial charge in [0.15, 0.2) is 0 Å². The van der Waals surface area contributed by atoms with Crippen molar-refractivity contribution in [1.29, 1.82) is 0 Å². The van der Waals surface area contributed by atoms with E-state index in [1.807, 2.05) is 14.1 Å². The summed E-state index contributed by atoms with van der Waals surface area (Å²) in [4.78, 5) is 2.07. The SMILES string of the molecule is CC(Nc1ccc(F)c(Br)c1)c1ccc(N(C)C)cc1. The molecule has 0 saturated heterocycles. The summed E-state index contributed by atoms with van der Waals surface area (Å²) in [5.74, 6) is -0.251. The average molecular weight is 337 g/mol. The van der Waals surface area contributed by atoms with Crippen LogP contribution in [0.2, 0.25) is 0 Å². The van der Waals surface area contributed by atoms with Gasteiger partial charge >= 0.3 is 0 Å². The molecule has 0 spiro atoms. The number of benzene rings is 2. The van der Waals surface area contributed by atoms with Crippen LogP contribution in [0.5, 0.6) is 0 Å². The van der Waals surface area contributed by atoms with Crippen molar-refractivity contribution in [3.8, 4) is 0 Å². The molecule has 0 saturated carbocycles. The molecule has 2 aromatic rings. The Morgan fingerprint density at radius 2 is 1.75 bits per heavy atom. The number of hydrogen-bond donors (Lipinski definition) is 1. The second-order valence-corrected chi connectivity index (χ2v) is 5.84. The first kappa shape index (κ1) is 14.9. The van der Waals surface area contributed by atoms with E-state index in [2.05, 4.69) is 57.3 Å². The summed E-state index contributed by atoms with van der Waals surface area (Å²) in [6.07, 6.45) is 0. The first-order chi connectivity index (χ1) is 9.47. The number of rotatable bonds is 4. The Morgan fingerprint density at radius 1 is 1.10 bits per heavy atom. The highest BCUT2D eigenvalue weighted by Crippen LogP contribution is 2.25. The van der Waals surface area contributed by atoms with Crippen molar-refractivity contribution in [2.45, 2.75) is 13.0 Å². The van der Waals surface area contributed by atoms with Crippen LogP contribution < -0.4 is 10.2 Å². The van der Waals surface area contributed by atoms with Crippen LogP contribution in [0.25, 0.3) is 0 Å². The van der Waals surface area contributed by atoms with E-state index in [-0.39, 0.29) is 11.9 Å². The van der Waals surface area contributed by atoms with E-state index in [4.69, 9.17) is 0 Å². The highest BCUT2D eigenvalue weighted by atomic mass is 79.9. The number of nitrogens with zero attached hydrogens (tertiary/aromatic N) is 1. The van der Waals surface area contributed by atoms with Gasteiger partial charge in [-0.2, -0.15) is 0 Å². The van der Waals surface area contributed by atoms with Crippen LogP contribution in [0.1, 0.15) is 18.5 Å². The third-order valence-corrected chi connectivity index (χ3v) is 3.82. The van der Waals surface area contributed by atoms with E-state index in [1.165, 1.54) is 17.3 Å². The van der Waals surface area contributed by atoms with Crippen molar-refractivity contribution in [3.05, 3.63) is 58.3 Å². The van der Waals surface area contributed by atoms with Gasteiger partial charge < -0.3 is 10.2 Å². The molecule has 0 bridgehead atoms. The molecule has 0 heterocycles. The highest BCUT2D eigenvalue weighted by Gasteiger charge is 2.07. The molecule has 0 fully saturated rings. The Hall–Kier alpha value is -1.55. The molecular formula is C16H18BrFN2. The Balaban J connectivity index is 2.10. The smallest absolute Gasteiger partial charge is 0.137 e. The number of hydrogen-bond acceptors (Lipinski definition) is 2. The maximum Gasteiger partial charge on any atom is 0.137 e. The fourth-order valence-corrected chi connectivity index (χ4v) is 2.36. The van der Waals surface area contributed by atoms with Crippen LogP contribution in [-0.4, -0.2) is 14.1 Å². The monoisotopic (exact) mass is 336 g/mol. The van der Waals surface area contributed by atoms with Gasteiger partial charge in [0.2, 0.25) is 0 Å². The predicted octanol–water partition coefficient (Wildman–Crippen LogP) is 4.83. The second-order valence-electron chi connectivity index (χ2n) is 4.98. The largest absolute Gasteiger partial charge is 0.378 e. The lowest BCUT2D eigenvalue weighted by Gasteiger charge is -2.18. The molecule has 0 amide bonds. The summed E-state index contributed by atoms with van der Waals surface area (Å²) < 4.78 is 13.7. The minimum atomic E-state index is -0.251. The van der Waals surface area contributed by atoms with Gasteiger partial charge in [0.05, 0.1) is 4.47 Å². The topological polar surface area (TPSA) is 15.3 Å². The zero-order chi connectivity index (χ0) is 14.7. The van der Waals surface area contributed by atoms with Crippen molar-refractivity contribution in [3.63, 3.8) is 0 Å². The van der Waals surface area contributed by atoms with Crippen molar-refractivity contribution >= 4 is 27.3 Å². The van der Waals surface area contributed by atoms with E-state index in [9.17, 15) is 4.39 Å². The summed E-state index contributed by atoms with van der Waals surface area (Å²) in [7, 11) is 4.04. The van der Waals surface area contributed by atoms with Gasteiger partial charge in [-0.25, -0.2) is 4.39 Å². The predicted molar refractivity (Wildman–Crippen MR) is 86.9 cm³/mol. The molecule has 0 aliphatic carbocycles. The Bertz CT molecular complexity index is 582. The minimum absolute atomic E-state index is 0.156. The van der Waals surface area contributed by atoms with Crippen LogP contribution in [0, 0.1) is 5.82 Å². The lowest BCUT2D eigenvalue weighted by Crippen LogP contribution is -2.10. The van der Waals surface area contributed by atoms with E-state index >= 15 is 0 Å². The molecule has 1 unspecified atom stereocenters. The molecule has 2 nitrogen and oxygen atoms in total. The molecule has 2 rings (SSSR count). The van der Waals surface area contributed by atoms with Crippen molar-refractivity contribution < 1.29 is 4.39 Å². The summed E-state index contributed by atoms with van der Waals surface area (Å²) in [5.41, 5.74) is 3.25. The average Bonchev–Trinajstić information content (AvgIpc) is 2.43. The van der Waals surface area contributed by atoms with Crippen LogP contribution in [0.3, 0.4) is 0 Å². The van der Waals surface area contributed by atoms with Crippen LogP contribution in [0.15, 0.2) is 46.9 Å². The molecule has 0 aromatic heterocycles. The molecule has 0 aliphatic heterocycles. The van der Waals surface area contributed by atoms with Gasteiger partial charge in [0.1, 0.15) is 5.82 Å². The minimum Gasteiger partial charge on any atom is -0.378 e. The fraction of sp³-hybridized carbons (Fsp3) is 0.250. The molecule has 20 heavy (non-hydrogen) atoms. The first-order valence-corrected chi connectivity index (χ1v) is 7.25. The van der Waals surface area contributed by atoms with Gasteiger partial charge in [-0.3, -0.25) is 0 Å². The zero-order valence-electron chi connectivity index (χ0n) is 11.8. The molecule has 2 aromatic carbocycles. The third-order valence-electron chi connectivity index (χ3n) is 3.21. The van der Waals surface area contributed by atoms with E-state index in [0.29, 0.717) is 4.47 Å². The molecular weight excluding hydrogens is 319 g/mol. The summed E-state index contributed by atoms with van der Waals surface area (Å²) in [6.45, 7) is 2.09. The summed E-state index contributed by atoms with van der Waals surface area (Å²) in [6, 6.07) is 13.5. The Labute approximate surface area is 127 Å². The van der Waals surface area contributed by atoms with Gasteiger partial charge in [0, 0.05) is 31.5 Å².